The van der Waals surface area contributed by atoms with E-state index < -0.39 is 0 Å². The third kappa shape index (κ3) is 3.86. The molecule has 4 heterocycles. The van der Waals surface area contributed by atoms with E-state index in [9.17, 15) is 4.39 Å². The van der Waals surface area contributed by atoms with Gasteiger partial charge in [-0.2, -0.15) is 4.98 Å². The highest BCUT2D eigenvalue weighted by molar-refractivity contribution is 5.44. The quantitative estimate of drug-likeness (QED) is 0.886. The fraction of sp³-hybridized carbons (Fsp3) is 0.765. The first kappa shape index (κ1) is 16.9. The number of nitrogens with zero attached hydrogens (tertiary/aromatic N) is 3. The number of anilines is 2. The monoisotopic (exact) mass is 352 g/mol. The summed E-state index contributed by atoms with van der Waals surface area (Å²) >= 11 is 0. The zero-order valence-electron chi connectivity index (χ0n) is 14.4. The predicted molar refractivity (Wildman–Crippen MR) is 90.4 cm³/mol. The summed E-state index contributed by atoms with van der Waals surface area (Å²) in [5.41, 5.74) is -0.0960. The SMILES string of the molecule is Fc1cnc(N[C@@H]2CCOC3(CCOCC3)C2)nc1N1CCOCC1. The van der Waals surface area contributed by atoms with E-state index in [4.69, 9.17) is 14.2 Å². The van der Waals surface area contributed by atoms with Crippen LogP contribution in [-0.4, -0.2) is 67.7 Å². The largest absolute Gasteiger partial charge is 0.381 e. The first-order valence-electron chi connectivity index (χ1n) is 9.08. The van der Waals surface area contributed by atoms with Crippen LogP contribution in [0.5, 0.6) is 0 Å². The molecule has 1 spiro atoms. The van der Waals surface area contributed by atoms with Gasteiger partial charge in [-0.3, -0.25) is 0 Å². The van der Waals surface area contributed by atoms with Gasteiger partial charge in [0.05, 0.1) is 25.0 Å². The number of ether oxygens (including phenoxy) is 3. The van der Waals surface area contributed by atoms with E-state index in [0.29, 0.717) is 38.1 Å². The highest BCUT2D eigenvalue weighted by atomic mass is 19.1. The molecule has 0 radical (unpaired) electrons. The Balaban J connectivity index is 1.45. The number of halogens is 1. The molecule has 0 amide bonds. The minimum Gasteiger partial charge on any atom is -0.381 e. The van der Waals surface area contributed by atoms with Crippen molar-refractivity contribution in [3.63, 3.8) is 0 Å². The number of nitrogens with one attached hydrogen (secondary N) is 1. The maximum Gasteiger partial charge on any atom is 0.225 e. The van der Waals surface area contributed by atoms with Gasteiger partial charge >= 0.3 is 0 Å². The molecular formula is C17H25FN4O3. The third-order valence-corrected chi connectivity index (χ3v) is 5.27. The Morgan fingerprint density at radius 2 is 1.88 bits per heavy atom. The van der Waals surface area contributed by atoms with Gasteiger partial charge in [0.15, 0.2) is 11.6 Å². The Morgan fingerprint density at radius 1 is 1.12 bits per heavy atom. The summed E-state index contributed by atoms with van der Waals surface area (Å²) in [6.07, 6.45) is 4.91. The van der Waals surface area contributed by atoms with Crippen molar-refractivity contribution in [3.8, 4) is 0 Å². The average Bonchev–Trinajstić information content (AvgIpc) is 2.65. The Labute approximate surface area is 146 Å². The average molecular weight is 352 g/mol. The fourth-order valence-corrected chi connectivity index (χ4v) is 3.85. The van der Waals surface area contributed by atoms with Gasteiger partial charge in [0.1, 0.15) is 0 Å². The van der Waals surface area contributed by atoms with E-state index in [0.717, 1.165) is 45.5 Å². The van der Waals surface area contributed by atoms with Crippen LogP contribution < -0.4 is 10.2 Å². The summed E-state index contributed by atoms with van der Waals surface area (Å²) < 4.78 is 31.0. The van der Waals surface area contributed by atoms with Gasteiger partial charge in [0, 0.05) is 39.0 Å². The zero-order valence-corrected chi connectivity index (χ0v) is 14.4. The van der Waals surface area contributed by atoms with Crippen molar-refractivity contribution in [2.24, 2.45) is 0 Å². The van der Waals surface area contributed by atoms with E-state index >= 15 is 0 Å². The molecule has 138 valence electrons. The van der Waals surface area contributed by atoms with Crippen molar-refractivity contribution in [3.05, 3.63) is 12.0 Å². The van der Waals surface area contributed by atoms with Crippen LogP contribution in [0.25, 0.3) is 0 Å². The predicted octanol–water partition coefficient (Wildman–Crippen LogP) is 1.59. The van der Waals surface area contributed by atoms with E-state index in [-0.39, 0.29) is 17.5 Å². The second kappa shape index (κ2) is 7.39. The van der Waals surface area contributed by atoms with Crippen LogP contribution >= 0.6 is 0 Å². The van der Waals surface area contributed by atoms with Crippen molar-refractivity contribution in [1.29, 1.82) is 0 Å². The van der Waals surface area contributed by atoms with E-state index in [1.54, 1.807) is 0 Å². The second-order valence-corrected chi connectivity index (χ2v) is 6.94. The molecule has 3 saturated heterocycles. The first-order chi connectivity index (χ1) is 12.2. The maximum atomic E-state index is 14.1. The molecule has 0 aromatic carbocycles. The summed E-state index contributed by atoms with van der Waals surface area (Å²) in [6.45, 7) is 4.70. The molecule has 0 saturated carbocycles. The Bertz CT molecular complexity index is 586. The molecule has 3 aliphatic rings. The summed E-state index contributed by atoms with van der Waals surface area (Å²) in [6, 6.07) is 0.231. The topological polar surface area (TPSA) is 68.7 Å². The van der Waals surface area contributed by atoms with E-state index in [1.807, 2.05) is 4.90 Å². The number of morpholine rings is 1. The van der Waals surface area contributed by atoms with Gasteiger partial charge in [-0.1, -0.05) is 0 Å². The molecule has 8 heteroatoms. The Kier molecular flexibility index (Phi) is 5.00. The molecule has 3 aliphatic heterocycles. The minimum atomic E-state index is -0.389. The highest BCUT2D eigenvalue weighted by Crippen LogP contribution is 2.35. The number of hydrogen-bond donors (Lipinski definition) is 1. The Hall–Kier alpha value is -1.51. The molecular weight excluding hydrogens is 327 g/mol. The number of rotatable bonds is 3. The van der Waals surface area contributed by atoms with Gasteiger partial charge in [0.2, 0.25) is 5.95 Å². The lowest BCUT2D eigenvalue weighted by Crippen LogP contribution is -2.48. The molecule has 0 aliphatic carbocycles. The molecule has 25 heavy (non-hydrogen) atoms. The van der Waals surface area contributed by atoms with Crippen molar-refractivity contribution in [1.82, 2.24) is 9.97 Å². The molecule has 0 unspecified atom stereocenters. The van der Waals surface area contributed by atoms with Crippen LogP contribution in [0.3, 0.4) is 0 Å². The lowest BCUT2D eigenvalue weighted by atomic mass is 9.84. The van der Waals surface area contributed by atoms with Crippen LogP contribution in [-0.2, 0) is 14.2 Å². The van der Waals surface area contributed by atoms with Gasteiger partial charge < -0.3 is 24.4 Å². The van der Waals surface area contributed by atoms with Crippen molar-refractivity contribution in [2.75, 3.05) is 56.3 Å². The van der Waals surface area contributed by atoms with Gasteiger partial charge in [-0.15, -0.1) is 0 Å². The lowest BCUT2D eigenvalue weighted by Gasteiger charge is -2.43. The fourth-order valence-electron chi connectivity index (χ4n) is 3.85. The standard InChI is InChI=1S/C17H25FN4O3/c18-14-12-19-16(21-15(14)22-4-9-24-10-5-22)20-13-1-6-25-17(11-13)2-7-23-8-3-17/h12-13H,1-11H2,(H,19,20,21)/t13-/m1/s1. The van der Waals surface area contributed by atoms with Crippen molar-refractivity contribution < 1.29 is 18.6 Å². The Morgan fingerprint density at radius 3 is 2.68 bits per heavy atom. The van der Waals surface area contributed by atoms with Crippen molar-refractivity contribution in [2.45, 2.75) is 37.3 Å². The van der Waals surface area contributed by atoms with Gasteiger partial charge in [0.25, 0.3) is 0 Å². The molecule has 1 aromatic rings. The zero-order chi connectivity index (χ0) is 17.1. The molecule has 4 rings (SSSR count). The third-order valence-electron chi connectivity index (χ3n) is 5.27. The van der Waals surface area contributed by atoms with Gasteiger partial charge in [-0.25, -0.2) is 9.37 Å². The van der Waals surface area contributed by atoms with E-state index in [1.165, 1.54) is 6.20 Å². The van der Waals surface area contributed by atoms with Crippen LogP contribution in [0.1, 0.15) is 25.7 Å². The smallest absolute Gasteiger partial charge is 0.225 e. The van der Waals surface area contributed by atoms with Gasteiger partial charge in [-0.05, 0) is 25.7 Å². The van der Waals surface area contributed by atoms with E-state index in [2.05, 4.69) is 15.3 Å². The minimum absolute atomic E-state index is 0.0960. The van der Waals surface area contributed by atoms with Crippen LogP contribution in [0.4, 0.5) is 16.2 Å². The molecule has 3 fully saturated rings. The molecule has 1 atom stereocenters. The maximum absolute atomic E-state index is 14.1. The second-order valence-electron chi connectivity index (χ2n) is 6.94. The van der Waals surface area contributed by atoms with Crippen LogP contribution in [0, 0.1) is 5.82 Å². The lowest BCUT2D eigenvalue weighted by molar-refractivity contribution is -0.135. The summed E-state index contributed by atoms with van der Waals surface area (Å²) in [4.78, 5) is 10.5. The molecule has 1 N–H and O–H groups in total. The normalized spacial score (nSPS) is 26.6. The molecule has 0 bridgehead atoms. The van der Waals surface area contributed by atoms with Crippen LogP contribution in [0.15, 0.2) is 6.20 Å². The first-order valence-corrected chi connectivity index (χ1v) is 9.08. The number of hydrogen-bond acceptors (Lipinski definition) is 7. The van der Waals surface area contributed by atoms with Crippen LogP contribution in [0.2, 0.25) is 0 Å². The summed E-state index contributed by atoms with van der Waals surface area (Å²) in [5, 5.41) is 3.39. The molecule has 1 aromatic heterocycles. The number of aromatic nitrogens is 2. The van der Waals surface area contributed by atoms with Crippen molar-refractivity contribution >= 4 is 11.8 Å². The summed E-state index contributed by atoms with van der Waals surface area (Å²) in [5.74, 6) is 0.450. The summed E-state index contributed by atoms with van der Waals surface area (Å²) in [7, 11) is 0. The molecule has 7 nitrogen and oxygen atoms in total. The highest BCUT2D eigenvalue weighted by Gasteiger charge is 2.39.